The van der Waals surface area contributed by atoms with Gasteiger partial charge in [0.1, 0.15) is 0 Å². The van der Waals surface area contributed by atoms with Gasteiger partial charge in [-0.15, -0.1) is 0 Å². The number of esters is 2. The van der Waals surface area contributed by atoms with Crippen LogP contribution in [0.15, 0.2) is 12.2 Å². The van der Waals surface area contributed by atoms with Crippen LogP contribution in [0.5, 0.6) is 0 Å². The molecule has 0 radical (unpaired) electrons. The van der Waals surface area contributed by atoms with Crippen LogP contribution in [0, 0.1) is 11.8 Å². The first-order valence-corrected chi connectivity index (χ1v) is 11.2. The van der Waals surface area contributed by atoms with Crippen LogP contribution in [0.25, 0.3) is 0 Å². The lowest BCUT2D eigenvalue weighted by Gasteiger charge is -2.22. The molecule has 0 saturated heterocycles. The van der Waals surface area contributed by atoms with Crippen LogP contribution in [0.1, 0.15) is 97.3 Å². The average molecular weight is 381 g/mol. The van der Waals surface area contributed by atoms with E-state index in [9.17, 15) is 9.59 Å². The average Bonchev–Trinajstić information content (AvgIpc) is 2.93. The number of rotatable bonds is 14. The number of allylic oxidation sites excluding steroid dienone is 2. The molecule has 0 heterocycles. The molecule has 1 aliphatic carbocycles. The molecule has 156 valence electrons. The Morgan fingerprint density at radius 1 is 0.741 bits per heavy atom. The monoisotopic (exact) mass is 380 g/mol. The second kappa shape index (κ2) is 15.7. The van der Waals surface area contributed by atoms with Gasteiger partial charge in [0, 0.05) is 0 Å². The molecular formula is C23H40O4. The Morgan fingerprint density at radius 3 is 1.81 bits per heavy atom. The van der Waals surface area contributed by atoms with E-state index < -0.39 is 5.92 Å². The van der Waals surface area contributed by atoms with Gasteiger partial charge in [0.2, 0.25) is 0 Å². The molecule has 0 aromatic carbocycles. The summed E-state index contributed by atoms with van der Waals surface area (Å²) in [4.78, 5) is 25.1. The zero-order valence-electron chi connectivity index (χ0n) is 17.5. The summed E-state index contributed by atoms with van der Waals surface area (Å²) in [5, 5.41) is 0. The van der Waals surface area contributed by atoms with E-state index >= 15 is 0 Å². The first-order chi connectivity index (χ1) is 13.2. The molecule has 0 amide bonds. The lowest BCUT2D eigenvalue weighted by atomic mass is 9.88. The molecule has 0 aromatic heterocycles. The van der Waals surface area contributed by atoms with Gasteiger partial charge in [0.25, 0.3) is 0 Å². The highest BCUT2D eigenvalue weighted by Gasteiger charge is 2.35. The highest BCUT2D eigenvalue weighted by molar-refractivity contribution is 5.82. The molecule has 0 spiro atoms. The molecule has 4 heteroatoms. The maximum absolute atomic E-state index is 12.5. The van der Waals surface area contributed by atoms with E-state index in [0.717, 1.165) is 32.1 Å². The van der Waals surface area contributed by atoms with Gasteiger partial charge >= 0.3 is 11.9 Å². The van der Waals surface area contributed by atoms with Crippen molar-refractivity contribution in [1.82, 2.24) is 0 Å². The first-order valence-electron chi connectivity index (χ1n) is 11.2. The minimum Gasteiger partial charge on any atom is -0.465 e. The maximum Gasteiger partial charge on any atom is 0.310 e. The molecule has 0 saturated carbocycles. The molecule has 0 fully saturated rings. The van der Waals surface area contributed by atoms with Crippen molar-refractivity contribution in [3.05, 3.63) is 12.2 Å². The van der Waals surface area contributed by atoms with Gasteiger partial charge in [-0.25, -0.2) is 0 Å². The van der Waals surface area contributed by atoms with Gasteiger partial charge in [0.05, 0.1) is 25.0 Å². The number of unbranched alkanes of at least 4 members (excludes halogenated alkanes) is 8. The van der Waals surface area contributed by atoms with Gasteiger partial charge in [-0.3, -0.25) is 9.59 Å². The normalized spacial score (nSPS) is 19.5. The Labute approximate surface area is 166 Å². The van der Waals surface area contributed by atoms with E-state index in [1.54, 1.807) is 0 Å². The number of hydrogen-bond acceptors (Lipinski definition) is 4. The predicted molar refractivity (Wildman–Crippen MR) is 109 cm³/mol. The third-order valence-electron chi connectivity index (χ3n) is 5.28. The number of carbonyl (C=O) groups excluding carboxylic acids is 2. The molecule has 2 atom stereocenters. The van der Waals surface area contributed by atoms with Crippen molar-refractivity contribution in [2.45, 2.75) is 97.3 Å². The van der Waals surface area contributed by atoms with Crippen molar-refractivity contribution in [2.75, 3.05) is 13.2 Å². The summed E-state index contributed by atoms with van der Waals surface area (Å²) in [6, 6.07) is 0. The fourth-order valence-electron chi connectivity index (χ4n) is 3.52. The fourth-order valence-corrected chi connectivity index (χ4v) is 3.52. The van der Waals surface area contributed by atoms with Gasteiger partial charge in [0.15, 0.2) is 0 Å². The van der Waals surface area contributed by atoms with Crippen molar-refractivity contribution >= 4 is 11.9 Å². The topological polar surface area (TPSA) is 52.6 Å². The molecule has 0 N–H and O–H groups in total. The second-order valence-corrected chi connectivity index (χ2v) is 7.66. The molecule has 0 aliphatic heterocycles. The predicted octanol–water partition coefficient (Wildman–Crippen LogP) is 5.99. The minimum atomic E-state index is -0.396. The lowest BCUT2D eigenvalue weighted by Crippen LogP contribution is -2.32. The summed E-state index contributed by atoms with van der Waals surface area (Å²) in [6.45, 7) is 5.29. The Bertz CT molecular complexity index is 430. The van der Waals surface area contributed by atoms with Gasteiger partial charge < -0.3 is 9.47 Å². The summed E-state index contributed by atoms with van der Waals surface area (Å²) in [7, 11) is 0. The number of ether oxygens (including phenoxy) is 2. The molecule has 4 nitrogen and oxygen atoms in total. The minimum absolute atomic E-state index is 0.223. The van der Waals surface area contributed by atoms with E-state index in [-0.39, 0.29) is 17.9 Å². The van der Waals surface area contributed by atoms with Crippen LogP contribution in [0.3, 0.4) is 0 Å². The molecule has 1 rings (SSSR count). The quantitative estimate of drug-likeness (QED) is 0.211. The highest BCUT2D eigenvalue weighted by Crippen LogP contribution is 2.28. The van der Waals surface area contributed by atoms with E-state index in [0.29, 0.717) is 26.1 Å². The van der Waals surface area contributed by atoms with Crippen LogP contribution in [0.2, 0.25) is 0 Å². The zero-order valence-corrected chi connectivity index (χ0v) is 17.5. The Kier molecular flexibility index (Phi) is 13.8. The summed E-state index contributed by atoms with van der Waals surface area (Å²) >= 11 is 0. The van der Waals surface area contributed by atoms with Gasteiger partial charge in [-0.05, 0) is 32.1 Å². The maximum atomic E-state index is 12.5. The standard InChI is InChI=1S/C23H40O4/c1-3-5-7-9-14-18-26-22(24)20-16-12-11-13-17-21(20)23(25)27-19-15-10-8-6-4-2/h11-12,20-21H,3-10,13-19H2,1-2H3. The number of hydrogen-bond donors (Lipinski definition) is 0. The van der Waals surface area contributed by atoms with Crippen molar-refractivity contribution in [1.29, 1.82) is 0 Å². The summed E-state index contributed by atoms with van der Waals surface area (Å²) < 4.78 is 11.0. The SMILES string of the molecule is CCCCCCCOC(=O)C1CC=CCCC1C(=O)OCCCCCCC. The van der Waals surface area contributed by atoms with Crippen LogP contribution in [-0.4, -0.2) is 25.2 Å². The summed E-state index contributed by atoms with van der Waals surface area (Å²) in [5.41, 5.74) is 0. The largest absolute Gasteiger partial charge is 0.465 e. The third-order valence-corrected chi connectivity index (χ3v) is 5.28. The van der Waals surface area contributed by atoms with E-state index in [1.807, 2.05) is 6.08 Å². The Hall–Kier alpha value is -1.32. The second-order valence-electron chi connectivity index (χ2n) is 7.66. The molecule has 0 bridgehead atoms. The van der Waals surface area contributed by atoms with Crippen molar-refractivity contribution < 1.29 is 19.1 Å². The van der Waals surface area contributed by atoms with Gasteiger partial charge in [-0.1, -0.05) is 77.4 Å². The van der Waals surface area contributed by atoms with E-state index in [1.165, 1.54) is 38.5 Å². The van der Waals surface area contributed by atoms with Crippen LogP contribution in [-0.2, 0) is 19.1 Å². The first kappa shape index (κ1) is 23.7. The number of carbonyl (C=O) groups is 2. The van der Waals surface area contributed by atoms with Crippen LogP contribution >= 0.6 is 0 Å². The van der Waals surface area contributed by atoms with E-state index in [2.05, 4.69) is 19.9 Å². The fraction of sp³-hybridized carbons (Fsp3) is 0.826. The van der Waals surface area contributed by atoms with Crippen molar-refractivity contribution in [3.63, 3.8) is 0 Å². The molecule has 27 heavy (non-hydrogen) atoms. The summed E-state index contributed by atoms with van der Waals surface area (Å²) in [6.07, 6.45) is 17.4. The Morgan fingerprint density at radius 2 is 1.26 bits per heavy atom. The van der Waals surface area contributed by atoms with Gasteiger partial charge in [-0.2, -0.15) is 0 Å². The van der Waals surface area contributed by atoms with Crippen molar-refractivity contribution in [3.8, 4) is 0 Å². The smallest absolute Gasteiger partial charge is 0.310 e. The van der Waals surface area contributed by atoms with Crippen LogP contribution < -0.4 is 0 Å². The molecule has 0 aromatic rings. The molecular weight excluding hydrogens is 340 g/mol. The highest BCUT2D eigenvalue weighted by atomic mass is 16.5. The summed E-state index contributed by atoms with van der Waals surface area (Å²) in [5.74, 6) is -1.23. The van der Waals surface area contributed by atoms with E-state index in [4.69, 9.17) is 9.47 Å². The Balaban J connectivity index is 2.38. The van der Waals surface area contributed by atoms with Crippen LogP contribution in [0.4, 0.5) is 0 Å². The molecule has 1 aliphatic rings. The zero-order chi connectivity index (χ0) is 19.7. The lowest BCUT2D eigenvalue weighted by molar-refractivity contribution is -0.161. The van der Waals surface area contributed by atoms with Crippen molar-refractivity contribution in [2.24, 2.45) is 11.8 Å². The third kappa shape index (κ3) is 10.6. The molecule has 2 unspecified atom stereocenters.